The van der Waals surface area contributed by atoms with Crippen LogP contribution in [0.2, 0.25) is 0 Å². The molecule has 0 atom stereocenters. The van der Waals surface area contributed by atoms with Crippen LogP contribution in [0.15, 0.2) is 54.6 Å². The molecule has 0 unspecified atom stereocenters. The number of anilines is 1. The van der Waals surface area contributed by atoms with Gasteiger partial charge in [0, 0.05) is 24.8 Å². The summed E-state index contributed by atoms with van der Waals surface area (Å²) in [5.74, 6) is -1.35. The fraction of sp³-hybridized carbons (Fsp3) is 0.200. The lowest BCUT2D eigenvalue weighted by molar-refractivity contribution is -0.384. The van der Waals surface area contributed by atoms with Crippen molar-refractivity contribution in [2.75, 3.05) is 18.4 Å². The Morgan fingerprint density at radius 1 is 1.17 bits per heavy atom. The lowest BCUT2D eigenvalue weighted by Crippen LogP contribution is -2.37. The van der Waals surface area contributed by atoms with E-state index >= 15 is 0 Å². The van der Waals surface area contributed by atoms with Crippen molar-refractivity contribution >= 4 is 29.3 Å². The number of nitrogens with one attached hydrogen (secondary N) is 1. The quantitative estimate of drug-likeness (QED) is 0.414. The predicted molar refractivity (Wildman–Crippen MR) is 104 cm³/mol. The number of nitrogens with zero attached hydrogens (tertiary/aromatic N) is 2. The molecule has 0 aromatic heterocycles. The monoisotopic (exact) mass is 421 g/mol. The number of alkyl halides is 3. The highest BCUT2D eigenvalue weighted by Crippen LogP contribution is 2.34. The average Bonchev–Trinajstić information content (AvgIpc) is 2.70. The van der Waals surface area contributed by atoms with E-state index in [1.54, 1.807) is 13.0 Å². The second kappa shape index (κ2) is 9.68. The molecule has 0 bridgehead atoms. The minimum absolute atomic E-state index is 0.131. The van der Waals surface area contributed by atoms with E-state index in [0.29, 0.717) is 5.56 Å². The van der Waals surface area contributed by atoms with Crippen molar-refractivity contribution in [2.24, 2.45) is 0 Å². The number of carbonyl (C=O) groups excluding carboxylic acids is 2. The van der Waals surface area contributed by atoms with Gasteiger partial charge in [0.05, 0.1) is 16.2 Å². The third kappa shape index (κ3) is 6.16. The van der Waals surface area contributed by atoms with Crippen LogP contribution in [0.3, 0.4) is 0 Å². The fourth-order valence-electron chi connectivity index (χ4n) is 2.56. The molecule has 0 saturated carbocycles. The molecule has 0 saturated heterocycles. The number of benzene rings is 2. The van der Waals surface area contributed by atoms with Gasteiger partial charge in [-0.05, 0) is 30.7 Å². The standard InChI is InChI=1S/C20H18F3N3O4/c1-2-25(19(28)11-10-14-6-5-7-15(12-14)26(29)30)13-18(27)24-17-9-4-3-8-16(17)20(21,22)23/h3-12H,2,13H2,1H3,(H,24,27)/b11-10+. The number of carbonyl (C=O) groups is 2. The smallest absolute Gasteiger partial charge is 0.330 e. The lowest BCUT2D eigenvalue weighted by atomic mass is 10.1. The van der Waals surface area contributed by atoms with Gasteiger partial charge >= 0.3 is 6.18 Å². The number of amides is 2. The van der Waals surface area contributed by atoms with E-state index in [4.69, 9.17) is 0 Å². The number of halogens is 3. The molecule has 0 aliphatic rings. The van der Waals surface area contributed by atoms with Gasteiger partial charge in [-0.25, -0.2) is 0 Å². The van der Waals surface area contributed by atoms with Crippen molar-refractivity contribution in [2.45, 2.75) is 13.1 Å². The van der Waals surface area contributed by atoms with Crippen LogP contribution in [0.25, 0.3) is 6.08 Å². The molecular formula is C20H18F3N3O4. The summed E-state index contributed by atoms with van der Waals surface area (Å²) in [6.45, 7) is 1.28. The second-order valence-corrected chi connectivity index (χ2v) is 6.13. The summed E-state index contributed by atoms with van der Waals surface area (Å²) in [5.41, 5.74) is -1.11. The third-order valence-electron chi connectivity index (χ3n) is 4.03. The molecule has 2 rings (SSSR count). The molecule has 2 aromatic carbocycles. The normalized spacial score (nSPS) is 11.3. The van der Waals surface area contributed by atoms with Crippen molar-refractivity contribution in [3.8, 4) is 0 Å². The first-order chi connectivity index (χ1) is 14.1. The number of nitro benzene ring substituents is 1. The summed E-state index contributed by atoms with van der Waals surface area (Å²) >= 11 is 0. The van der Waals surface area contributed by atoms with E-state index in [1.807, 2.05) is 0 Å². The van der Waals surface area contributed by atoms with Crippen LogP contribution in [0.5, 0.6) is 0 Å². The van der Waals surface area contributed by atoms with E-state index in [2.05, 4.69) is 5.32 Å². The molecule has 0 heterocycles. The summed E-state index contributed by atoms with van der Waals surface area (Å²) in [6, 6.07) is 10.1. The Morgan fingerprint density at radius 2 is 1.87 bits per heavy atom. The highest BCUT2D eigenvalue weighted by Gasteiger charge is 2.33. The molecule has 0 aliphatic carbocycles. The van der Waals surface area contributed by atoms with Gasteiger partial charge in [-0.15, -0.1) is 0 Å². The van der Waals surface area contributed by atoms with Gasteiger partial charge in [-0.2, -0.15) is 13.2 Å². The maximum atomic E-state index is 13.0. The first-order valence-electron chi connectivity index (χ1n) is 8.79. The van der Waals surface area contributed by atoms with Crippen LogP contribution in [0.1, 0.15) is 18.1 Å². The maximum Gasteiger partial charge on any atom is 0.418 e. The zero-order chi connectivity index (χ0) is 22.3. The number of hydrogen-bond donors (Lipinski definition) is 1. The van der Waals surface area contributed by atoms with Gasteiger partial charge < -0.3 is 10.2 Å². The Kier molecular flexibility index (Phi) is 7.29. The molecule has 30 heavy (non-hydrogen) atoms. The molecule has 2 aromatic rings. The summed E-state index contributed by atoms with van der Waals surface area (Å²) in [5, 5.41) is 13.0. The number of rotatable bonds is 7. The Hall–Kier alpha value is -3.69. The van der Waals surface area contributed by atoms with Crippen molar-refractivity contribution in [3.63, 3.8) is 0 Å². The molecule has 0 aliphatic heterocycles. The minimum atomic E-state index is -4.63. The van der Waals surface area contributed by atoms with Crippen LogP contribution in [-0.4, -0.2) is 34.7 Å². The number of likely N-dealkylation sites (N-methyl/N-ethyl adjacent to an activating group) is 1. The Bertz CT molecular complexity index is 974. The predicted octanol–water partition coefficient (Wildman–Crippen LogP) is 4.11. The zero-order valence-corrected chi connectivity index (χ0v) is 15.8. The SMILES string of the molecule is CCN(CC(=O)Nc1ccccc1C(F)(F)F)C(=O)/C=C/c1cccc([N+](=O)[O-])c1. The molecule has 7 nitrogen and oxygen atoms in total. The Morgan fingerprint density at radius 3 is 2.50 bits per heavy atom. The second-order valence-electron chi connectivity index (χ2n) is 6.13. The van der Waals surface area contributed by atoms with Gasteiger partial charge in [0.2, 0.25) is 11.8 Å². The molecule has 158 valence electrons. The van der Waals surface area contributed by atoms with E-state index in [-0.39, 0.29) is 12.2 Å². The molecule has 0 radical (unpaired) electrons. The van der Waals surface area contributed by atoms with Crippen LogP contribution < -0.4 is 5.32 Å². The molecule has 10 heteroatoms. The topological polar surface area (TPSA) is 92.6 Å². The third-order valence-corrected chi connectivity index (χ3v) is 4.03. The Labute approximate surface area is 170 Å². The van der Waals surface area contributed by atoms with E-state index in [0.717, 1.165) is 23.1 Å². The Balaban J connectivity index is 2.06. The largest absolute Gasteiger partial charge is 0.418 e. The van der Waals surface area contributed by atoms with Gasteiger partial charge in [-0.1, -0.05) is 24.3 Å². The molecule has 0 fully saturated rings. The number of nitro groups is 1. The molecular weight excluding hydrogens is 403 g/mol. The first-order valence-corrected chi connectivity index (χ1v) is 8.79. The average molecular weight is 421 g/mol. The number of hydrogen-bond acceptors (Lipinski definition) is 4. The number of para-hydroxylation sites is 1. The summed E-state index contributed by atoms with van der Waals surface area (Å²) in [4.78, 5) is 35.9. The molecule has 2 amide bonds. The van der Waals surface area contributed by atoms with Gasteiger partial charge in [0.15, 0.2) is 0 Å². The van der Waals surface area contributed by atoms with E-state index in [1.165, 1.54) is 36.4 Å². The highest BCUT2D eigenvalue weighted by molar-refractivity contribution is 5.98. The zero-order valence-electron chi connectivity index (χ0n) is 15.8. The van der Waals surface area contributed by atoms with Crippen LogP contribution in [-0.2, 0) is 15.8 Å². The summed E-state index contributed by atoms with van der Waals surface area (Å²) < 4.78 is 39.1. The van der Waals surface area contributed by atoms with Crippen LogP contribution in [0.4, 0.5) is 24.5 Å². The van der Waals surface area contributed by atoms with Gasteiger partial charge in [-0.3, -0.25) is 19.7 Å². The van der Waals surface area contributed by atoms with Gasteiger partial charge in [0.1, 0.15) is 6.54 Å². The van der Waals surface area contributed by atoms with E-state index < -0.39 is 40.7 Å². The molecule has 1 N–H and O–H groups in total. The molecule has 0 spiro atoms. The lowest BCUT2D eigenvalue weighted by Gasteiger charge is -2.19. The fourth-order valence-corrected chi connectivity index (χ4v) is 2.56. The van der Waals surface area contributed by atoms with E-state index in [9.17, 15) is 32.9 Å². The highest BCUT2D eigenvalue weighted by atomic mass is 19.4. The number of non-ortho nitro benzene ring substituents is 1. The first kappa shape index (κ1) is 22.6. The van der Waals surface area contributed by atoms with Crippen molar-refractivity contribution < 1.29 is 27.7 Å². The maximum absolute atomic E-state index is 13.0. The van der Waals surface area contributed by atoms with Crippen molar-refractivity contribution in [1.29, 1.82) is 0 Å². The van der Waals surface area contributed by atoms with Crippen LogP contribution in [0, 0.1) is 10.1 Å². The summed E-state index contributed by atoms with van der Waals surface area (Å²) in [6.07, 6.45) is -2.14. The minimum Gasteiger partial charge on any atom is -0.330 e. The van der Waals surface area contributed by atoms with Crippen LogP contribution >= 0.6 is 0 Å². The van der Waals surface area contributed by atoms with Gasteiger partial charge in [0.25, 0.3) is 5.69 Å². The summed E-state index contributed by atoms with van der Waals surface area (Å²) in [7, 11) is 0. The van der Waals surface area contributed by atoms with Crippen molar-refractivity contribution in [1.82, 2.24) is 4.90 Å². The van der Waals surface area contributed by atoms with Crippen molar-refractivity contribution in [3.05, 3.63) is 75.8 Å².